The lowest BCUT2D eigenvalue weighted by Crippen LogP contribution is -2.23. The van der Waals surface area contributed by atoms with Gasteiger partial charge in [-0.1, -0.05) is 56.3 Å². The van der Waals surface area contributed by atoms with Crippen LogP contribution < -0.4 is 4.81 Å². The Hall–Kier alpha value is -3.32. The Bertz CT molecular complexity index is 1150. The van der Waals surface area contributed by atoms with Crippen LogP contribution in [0.5, 0.6) is 0 Å². The van der Waals surface area contributed by atoms with Crippen LogP contribution in [0.15, 0.2) is 77.5 Å². The van der Waals surface area contributed by atoms with E-state index in [2.05, 4.69) is 50.9 Å². The summed E-state index contributed by atoms with van der Waals surface area (Å²) in [4.78, 5) is 15.2. The molecule has 4 heteroatoms. The summed E-state index contributed by atoms with van der Waals surface area (Å²) in [6.07, 6.45) is 3.92. The second kappa shape index (κ2) is 6.39. The Labute approximate surface area is 166 Å². The number of rotatable bonds is 1. The topological polar surface area (TPSA) is 44.1 Å². The first-order valence-corrected chi connectivity index (χ1v) is 9.39. The molecule has 0 N–H and O–H groups in total. The Balaban J connectivity index is 1.87. The molecular weight excluding hydrogens is 343 g/mol. The van der Waals surface area contributed by atoms with E-state index in [4.69, 9.17) is 0 Å². The highest BCUT2D eigenvalue weighted by Crippen LogP contribution is 2.47. The van der Waals surface area contributed by atoms with E-state index in [0.717, 1.165) is 16.8 Å². The van der Waals surface area contributed by atoms with Crippen molar-refractivity contribution in [2.75, 3.05) is 4.81 Å². The maximum atomic E-state index is 13.0. The highest BCUT2D eigenvalue weighted by atomic mass is 16.1. The largest absolute Gasteiger partial charge is 0.396 e. The molecule has 2 aliphatic rings. The molecule has 0 spiro atoms. The summed E-state index contributed by atoms with van der Waals surface area (Å²) in [5, 5.41) is 9.48. The van der Waals surface area contributed by atoms with Crippen molar-refractivity contribution in [2.24, 2.45) is 0 Å². The zero-order valence-corrected chi connectivity index (χ0v) is 16.6. The number of ketones is 1. The molecule has 0 radical (unpaired) electrons. The van der Waals surface area contributed by atoms with Crippen molar-refractivity contribution in [1.82, 2.24) is 0 Å². The van der Waals surface area contributed by atoms with Gasteiger partial charge >= 0.3 is 0 Å². The Kier molecular flexibility index (Phi) is 4.12. The molecule has 4 rings (SSSR count). The first-order valence-electron chi connectivity index (χ1n) is 9.39. The number of nitrogens with zero attached hydrogens (tertiary/aromatic N) is 2. The van der Waals surface area contributed by atoms with Crippen molar-refractivity contribution in [2.45, 2.75) is 26.2 Å². The molecule has 136 valence electrons. The number of fused-ring (bicyclic) bond motifs is 2. The standard InChI is InChI=1S/C24H21BN2O/c1-15(14-26)22-16-8-4-5-9-17(16)23(28)18(22)12-13-21-24(2,3)19-10-6-7-11-20(19)27(21)25/h4-13H,25H2,1-3H3/b18-12-,21-13+,22-15-. The van der Waals surface area contributed by atoms with Gasteiger partial charge in [0.15, 0.2) is 5.78 Å². The van der Waals surface area contributed by atoms with Gasteiger partial charge in [-0.05, 0) is 36.3 Å². The summed E-state index contributed by atoms with van der Waals surface area (Å²) in [5.41, 5.74) is 6.82. The van der Waals surface area contributed by atoms with Gasteiger partial charge in [-0.15, -0.1) is 0 Å². The van der Waals surface area contributed by atoms with Gasteiger partial charge in [-0.25, -0.2) is 0 Å². The fourth-order valence-corrected chi connectivity index (χ4v) is 4.39. The molecule has 1 heterocycles. The van der Waals surface area contributed by atoms with Gasteiger partial charge in [-0.3, -0.25) is 4.79 Å². The maximum Gasteiger partial charge on any atom is 0.223 e. The number of allylic oxidation sites excluding steroid dienone is 6. The molecular formula is C24H21BN2O. The predicted octanol–water partition coefficient (Wildman–Crippen LogP) is 4.34. The van der Waals surface area contributed by atoms with Gasteiger partial charge in [0.1, 0.15) is 0 Å². The van der Waals surface area contributed by atoms with Crippen molar-refractivity contribution in [1.29, 1.82) is 5.26 Å². The number of anilines is 1. The quantitative estimate of drug-likeness (QED) is 0.430. The average Bonchev–Trinajstić information content (AvgIpc) is 3.09. The van der Waals surface area contributed by atoms with Crippen molar-refractivity contribution >= 4 is 25.0 Å². The highest BCUT2D eigenvalue weighted by molar-refractivity contribution is 6.27. The van der Waals surface area contributed by atoms with Crippen LogP contribution in [0, 0.1) is 11.3 Å². The molecule has 0 saturated carbocycles. The van der Waals surface area contributed by atoms with Crippen molar-refractivity contribution in [3.05, 3.63) is 94.2 Å². The molecule has 2 aromatic rings. The summed E-state index contributed by atoms with van der Waals surface area (Å²) in [6, 6.07) is 18.1. The van der Waals surface area contributed by atoms with Crippen molar-refractivity contribution < 1.29 is 4.79 Å². The lowest BCUT2D eigenvalue weighted by molar-refractivity contribution is 0.104. The predicted molar refractivity (Wildman–Crippen MR) is 116 cm³/mol. The maximum absolute atomic E-state index is 13.0. The van der Waals surface area contributed by atoms with Crippen LogP contribution in [0.2, 0.25) is 0 Å². The Morgan fingerprint density at radius 1 is 1.07 bits per heavy atom. The number of carbonyl (C=O) groups excluding carboxylic acids is 1. The van der Waals surface area contributed by atoms with Crippen molar-refractivity contribution in [3.63, 3.8) is 0 Å². The number of carbonyl (C=O) groups is 1. The number of Topliss-reactive ketones (excluding diaryl/α,β-unsaturated/α-hetero) is 1. The molecule has 0 amide bonds. The molecule has 0 saturated heterocycles. The summed E-state index contributed by atoms with van der Waals surface area (Å²) in [5.74, 6) is -0.0204. The van der Waals surface area contributed by atoms with Crippen LogP contribution in [-0.2, 0) is 5.41 Å². The SMILES string of the molecule is BN1/C(=C/C=C2\C(=O)c3ccccc3\C2=C(/C)C#N)C(C)(C)c2ccccc21. The van der Waals surface area contributed by atoms with Gasteiger partial charge in [0.05, 0.1) is 6.07 Å². The van der Waals surface area contributed by atoms with E-state index in [1.807, 2.05) is 42.5 Å². The molecule has 0 fully saturated rings. The minimum Gasteiger partial charge on any atom is -0.396 e. The molecule has 2 aromatic carbocycles. The zero-order valence-electron chi connectivity index (χ0n) is 16.6. The number of para-hydroxylation sites is 1. The second-order valence-electron chi connectivity index (χ2n) is 7.82. The minimum atomic E-state index is -0.162. The van der Waals surface area contributed by atoms with Gasteiger partial charge in [0.2, 0.25) is 7.98 Å². The van der Waals surface area contributed by atoms with Gasteiger partial charge in [0.25, 0.3) is 0 Å². The molecule has 0 unspecified atom stereocenters. The van der Waals surface area contributed by atoms with E-state index in [0.29, 0.717) is 16.7 Å². The van der Waals surface area contributed by atoms with Crippen LogP contribution in [0.4, 0.5) is 5.69 Å². The van der Waals surface area contributed by atoms with E-state index in [9.17, 15) is 10.1 Å². The third-order valence-electron chi connectivity index (χ3n) is 5.85. The Morgan fingerprint density at radius 3 is 2.39 bits per heavy atom. The molecule has 0 atom stereocenters. The van der Waals surface area contributed by atoms with E-state index in [-0.39, 0.29) is 11.2 Å². The number of benzene rings is 2. The zero-order chi connectivity index (χ0) is 20.1. The van der Waals surface area contributed by atoms with Gasteiger partial charge in [0, 0.05) is 39.1 Å². The van der Waals surface area contributed by atoms with E-state index >= 15 is 0 Å². The van der Waals surface area contributed by atoms with Crippen LogP contribution in [0.1, 0.15) is 42.3 Å². The van der Waals surface area contributed by atoms with Crippen LogP contribution >= 0.6 is 0 Å². The average molecular weight is 364 g/mol. The van der Waals surface area contributed by atoms with E-state index < -0.39 is 0 Å². The molecule has 0 bridgehead atoms. The molecule has 1 aliphatic carbocycles. The van der Waals surface area contributed by atoms with E-state index in [1.54, 1.807) is 6.92 Å². The van der Waals surface area contributed by atoms with Crippen LogP contribution in [0.25, 0.3) is 5.57 Å². The normalized spacial score (nSPS) is 21.6. The van der Waals surface area contributed by atoms with Gasteiger partial charge < -0.3 is 4.81 Å². The molecule has 28 heavy (non-hydrogen) atoms. The van der Waals surface area contributed by atoms with Crippen LogP contribution in [-0.4, -0.2) is 13.8 Å². The minimum absolute atomic E-state index is 0.0204. The fourth-order valence-electron chi connectivity index (χ4n) is 4.39. The molecule has 1 aliphatic heterocycles. The smallest absolute Gasteiger partial charge is 0.223 e. The number of hydrogen-bond acceptors (Lipinski definition) is 3. The lowest BCUT2D eigenvalue weighted by Gasteiger charge is -2.24. The summed E-state index contributed by atoms with van der Waals surface area (Å²) in [6.45, 7) is 6.16. The lowest BCUT2D eigenvalue weighted by atomic mass is 9.83. The summed E-state index contributed by atoms with van der Waals surface area (Å²) in [7, 11) is 2.06. The third kappa shape index (κ3) is 2.47. The first-order chi connectivity index (χ1) is 13.4. The summed E-state index contributed by atoms with van der Waals surface area (Å²) >= 11 is 0. The first kappa shape index (κ1) is 18.1. The number of nitriles is 1. The van der Waals surface area contributed by atoms with E-state index in [1.165, 1.54) is 11.3 Å². The third-order valence-corrected chi connectivity index (χ3v) is 5.85. The molecule has 0 aromatic heterocycles. The highest BCUT2D eigenvalue weighted by Gasteiger charge is 2.37. The van der Waals surface area contributed by atoms with Gasteiger partial charge in [-0.2, -0.15) is 5.26 Å². The molecule has 3 nitrogen and oxygen atoms in total. The Morgan fingerprint density at radius 2 is 1.71 bits per heavy atom. The van der Waals surface area contributed by atoms with Crippen LogP contribution in [0.3, 0.4) is 0 Å². The fraction of sp³-hybridized carbons (Fsp3) is 0.167. The number of hydrogen-bond donors (Lipinski definition) is 0. The second-order valence-corrected chi connectivity index (χ2v) is 7.82. The van der Waals surface area contributed by atoms with Crippen molar-refractivity contribution in [3.8, 4) is 6.07 Å². The summed E-state index contributed by atoms with van der Waals surface area (Å²) < 4.78 is 0. The monoisotopic (exact) mass is 364 g/mol.